The summed E-state index contributed by atoms with van der Waals surface area (Å²) in [4.78, 5) is 13.8. The molecule has 5 heteroatoms. The summed E-state index contributed by atoms with van der Waals surface area (Å²) < 4.78 is 5.28. The van der Waals surface area contributed by atoms with Gasteiger partial charge in [-0.3, -0.25) is 4.79 Å². The average Bonchev–Trinajstić information content (AvgIpc) is 2.25. The minimum Gasteiger partial charge on any atom is -0.460 e. The van der Waals surface area contributed by atoms with Gasteiger partial charge in [0.15, 0.2) is 0 Å². The van der Waals surface area contributed by atoms with E-state index in [0.29, 0.717) is 19.5 Å². The highest BCUT2D eigenvalue weighted by Gasteiger charge is 2.16. The molecule has 0 unspecified atom stereocenters. The Balaban J connectivity index is 3.96. The Kier molecular flexibility index (Phi) is 8.97. The third-order valence-corrected chi connectivity index (χ3v) is 2.41. The van der Waals surface area contributed by atoms with Crippen molar-refractivity contribution in [3.05, 3.63) is 0 Å². The molecule has 0 amide bonds. The van der Waals surface area contributed by atoms with Gasteiger partial charge in [-0.25, -0.2) is 0 Å². The zero-order valence-electron chi connectivity index (χ0n) is 12.1. The second kappa shape index (κ2) is 9.30. The Bertz CT molecular complexity index is 219. The fraction of sp³-hybridized carbons (Fsp3) is 0.923. The topological polar surface area (TPSA) is 81.6 Å². The summed E-state index contributed by atoms with van der Waals surface area (Å²) >= 11 is 0. The molecular formula is C13H29N3O2. The van der Waals surface area contributed by atoms with Crippen LogP contribution in [0.25, 0.3) is 0 Å². The van der Waals surface area contributed by atoms with Crippen LogP contribution in [0.15, 0.2) is 0 Å². The largest absolute Gasteiger partial charge is 0.460 e. The molecule has 0 aliphatic rings. The summed E-state index contributed by atoms with van der Waals surface area (Å²) in [7, 11) is 0. The van der Waals surface area contributed by atoms with Gasteiger partial charge in [0.1, 0.15) is 5.60 Å². The molecule has 0 rings (SSSR count). The van der Waals surface area contributed by atoms with E-state index >= 15 is 0 Å². The van der Waals surface area contributed by atoms with E-state index in [0.717, 1.165) is 32.5 Å². The van der Waals surface area contributed by atoms with Gasteiger partial charge in [0.25, 0.3) is 0 Å². The van der Waals surface area contributed by atoms with Crippen LogP contribution in [-0.2, 0) is 9.53 Å². The molecule has 0 aromatic rings. The zero-order chi connectivity index (χ0) is 14.0. The number of carbonyl (C=O) groups is 1. The van der Waals surface area contributed by atoms with Gasteiger partial charge in [-0.05, 0) is 59.8 Å². The van der Waals surface area contributed by atoms with Crippen molar-refractivity contribution in [3.63, 3.8) is 0 Å². The SMILES string of the molecule is CC(C)(C)OC(=O)CCN(CCCN)CCCN. The molecule has 0 saturated carbocycles. The molecule has 0 aliphatic heterocycles. The van der Waals surface area contributed by atoms with E-state index in [1.165, 1.54) is 0 Å². The molecule has 0 radical (unpaired) electrons. The Morgan fingerprint density at radius 3 is 1.94 bits per heavy atom. The lowest BCUT2D eigenvalue weighted by atomic mass is 10.2. The maximum atomic E-state index is 11.6. The molecule has 0 saturated heterocycles. The molecule has 18 heavy (non-hydrogen) atoms. The van der Waals surface area contributed by atoms with Crippen LogP contribution < -0.4 is 11.5 Å². The first-order valence-electron chi connectivity index (χ1n) is 6.73. The van der Waals surface area contributed by atoms with Gasteiger partial charge in [-0.15, -0.1) is 0 Å². The van der Waals surface area contributed by atoms with Gasteiger partial charge in [0.2, 0.25) is 0 Å². The summed E-state index contributed by atoms with van der Waals surface area (Å²) in [5, 5.41) is 0. The Hall–Kier alpha value is -0.650. The number of rotatable bonds is 9. The first-order chi connectivity index (χ1) is 8.39. The van der Waals surface area contributed by atoms with E-state index < -0.39 is 5.60 Å². The van der Waals surface area contributed by atoms with Gasteiger partial charge in [-0.2, -0.15) is 0 Å². The molecule has 0 bridgehead atoms. The third-order valence-electron chi connectivity index (χ3n) is 2.41. The Morgan fingerprint density at radius 1 is 1.06 bits per heavy atom. The molecule has 0 aromatic heterocycles. The molecule has 108 valence electrons. The van der Waals surface area contributed by atoms with Gasteiger partial charge in [-0.1, -0.05) is 0 Å². The fourth-order valence-corrected chi connectivity index (χ4v) is 1.61. The van der Waals surface area contributed by atoms with E-state index in [2.05, 4.69) is 4.90 Å². The number of hydrogen-bond acceptors (Lipinski definition) is 5. The normalized spacial score (nSPS) is 11.9. The maximum Gasteiger partial charge on any atom is 0.307 e. The minimum atomic E-state index is -0.406. The van der Waals surface area contributed by atoms with Gasteiger partial charge in [0, 0.05) is 6.54 Å². The van der Waals surface area contributed by atoms with E-state index in [4.69, 9.17) is 16.2 Å². The van der Waals surface area contributed by atoms with Crippen LogP contribution in [0, 0.1) is 0 Å². The summed E-state index contributed by atoms with van der Waals surface area (Å²) in [6.45, 7) is 9.53. The minimum absolute atomic E-state index is 0.145. The number of ether oxygens (including phenoxy) is 1. The van der Waals surface area contributed by atoms with Crippen LogP contribution in [0.3, 0.4) is 0 Å². The molecular weight excluding hydrogens is 230 g/mol. The van der Waals surface area contributed by atoms with Crippen molar-refractivity contribution in [3.8, 4) is 0 Å². The smallest absolute Gasteiger partial charge is 0.307 e. The second-order valence-electron chi connectivity index (χ2n) is 5.46. The summed E-state index contributed by atoms with van der Waals surface area (Å²) in [5.74, 6) is -0.145. The molecule has 0 spiro atoms. The lowest BCUT2D eigenvalue weighted by Crippen LogP contribution is -2.32. The second-order valence-corrected chi connectivity index (χ2v) is 5.46. The molecule has 0 heterocycles. The van der Waals surface area contributed by atoms with Crippen molar-refractivity contribution in [2.24, 2.45) is 11.5 Å². The molecule has 5 nitrogen and oxygen atoms in total. The van der Waals surface area contributed by atoms with Crippen LogP contribution in [0.2, 0.25) is 0 Å². The van der Waals surface area contributed by atoms with E-state index in [1.807, 2.05) is 20.8 Å². The first-order valence-corrected chi connectivity index (χ1v) is 6.73. The Labute approximate surface area is 111 Å². The van der Waals surface area contributed by atoms with Crippen molar-refractivity contribution in [1.29, 1.82) is 0 Å². The van der Waals surface area contributed by atoms with Crippen molar-refractivity contribution in [1.82, 2.24) is 4.90 Å². The van der Waals surface area contributed by atoms with E-state index in [9.17, 15) is 4.79 Å². The summed E-state index contributed by atoms with van der Waals surface area (Å²) in [5.41, 5.74) is 10.6. The highest BCUT2D eigenvalue weighted by molar-refractivity contribution is 5.70. The van der Waals surface area contributed by atoms with Crippen LogP contribution in [0.1, 0.15) is 40.0 Å². The van der Waals surface area contributed by atoms with Crippen LogP contribution in [-0.4, -0.2) is 49.2 Å². The van der Waals surface area contributed by atoms with Crippen LogP contribution in [0.4, 0.5) is 0 Å². The maximum absolute atomic E-state index is 11.6. The van der Waals surface area contributed by atoms with Crippen LogP contribution in [0.5, 0.6) is 0 Å². The predicted octanol–water partition coefficient (Wildman–Crippen LogP) is 0.718. The fourth-order valence-electron chi connectivity index (χ4n) is 1.61. The van der Waals surface area contributed by atoms with Crippen molar-refractivity contribution < 1.29 is 9.53 Å². The number of hydrogen-bond donors (Lipinski definition) is 2. The highest BCUT2D eigenvalue weighted by atomic mass is 16.6. The number of carbonyl (C=O) groups excluding carboxylic acids is 1. The van der Waals surface area contributed by atoms with E-state index in [1.54, 1.807) is 0 Å². The molecule has 0 aromatic carbocycles. The first kappa shape index (κ1) is 17.4. The van der Waals surface area contributed by atoms with Gasteiger partial charge in [0.05, 0.1) is 6.42 Å². The number of nitrogens with zero attached hydrogens (tertiary/aromatic N) is 1. The molecule has 0 aliphatic carbocycles. The average molecular weight is 259 g/mol. The highest BCUT2D eigenvalue weighted by Crippen LogP contribution is 2.08. The quantitative estimate of drug-likeness (QED) is 0.596. The predicted molar refractivity (Wildman–Crippen MR) is 74.2 cm³/mol. The van der Waals surface area contributed by atoms with Crippen molar-refractivity contribution >= 4 is 5.97 Å². The number of nitrogens with two attached hydrogens (primary N) is 2. The lowest BCUT2D eigenvalue weighted by Gasteiger charge is -2.23. The van der Waals surface area contributed by atoms with Crippen LogP contribution >= 0.6 is 0 Å². The molecule has 0 atom stereocenters. The standard InChI is InChI=1S/C13H29N3O2/c1-13(2,3)18-12(17)6-11-16(9-4-7-14)10-5-8-15/h4-11,14-15H2,1-3H3. The summed E-state index contributed by atoms with van der Waals surface area (Å²) in [6, 6.07) is 0. The third kappa shape index (κ3) is 10.5. The zero-order valence-corrected chi connectivity index (χ0v) is 12.1. The van der Waals surface area contributed by atoms with Gasteiger partial charge < -0.3 is 21.1 Å². The van der Waals surface area contributed by atoms with Crippen molar-refractivity contribution in [2.45, 2.75) is 45.6 Å². The van der Waals surface area contributed by atoms with Gasteiger partial charge >= 0.3 is 5.97 Å². The van der Waals surface area contributed by atoms with Crippen molar-refractivity contribution in [2.75, 3.05) is 32.7 Å². The van der Waals surface area contributed by atoms with E-state index in [-0.39, 0.29) is 5.97 Å². The molecule has 4 N–H and O–H groups in total. The lowest BCUT2D eigenvalue weighted by molar-refractivity contribution is -0.155. The number of esters is 1. The Morgan fingerprint density at radius 2 is 1.56 bits per heavy atom. The molecule has 0 fully saturated rings. The summed E-state index contributed by atoms with van der Waals surface area (Å²) in [6.07, 6.45) is 2.31. The monoisotopic (exact) mass is 259 g/mol.